The lowest BCUT2D eigenvalue weighted by molar-refractivity contribution is 0.0833. The van der Waals surface area contributed by atoms with Gasteiger partial charge in [0.25, 0.3) is 0 Å². The van der Waals surface area contributed by atoms with Crippen molar-refractivity contribution in [3.05, 3.63) is 56.7 Å². The minimum atomic E-state index is -0.305. The fourth-order valence-electron chi connectivity index (χ4n) is 3.22. The third-order valence-electron chi connectivity index (χ3n) is 4.40. The van der Waals surface area contributed by atoms with Crippen molar-refractivity contribution in [2.45, 2.75) is 37.7 Å². The molecule has 1 aromatic carbocycles. The zero-order chi connectivity index (χ0) is 13.9. The normalized spacial score (nSPS) is 24.5. The Labute approximate surface area is 132 Å². The van der Waals surface area contributed by atoms with E-state index in [0.29, 0.717) is 11.8 Å². The van der Waals surface area contributed by atoms with Crippen molar-refractivity contribution in [3.8, 4) is 0 Å². The van der Waals surface area contributed by atoms with Crippen molar-refractivity contribution in [3.63, 3.8) is 0 Å². The minimum absolute atomic E-state index is 0.305. The molecule has 20 heavy (non-hydrogen) atoms. The van der Waals surface area contributed by atoms with Gasteiger partial charge in [0.2, 0.25) is 0 Å². The summed E-state index contributed by atoms with van der Waals surface area (Å²) in [7, 11) is 0. The Hall–Kier alpha value is -0.640. The Morgan fingerprint density at radius 3 is 2.35 bits per heavy atom. The highest BCUT2D eigenvalue weighted by atomic mass is 79.9. The second kappa shape index (κ2) is 6.42. The van der Waals surface area contributed by atoms with Gasteiger partial charge in [-0.05, 0) is 70.5 Å². The van der Waals surface area contributed by atoms with Gasteiger partial charge >= 0.3 is 0 Å². The predicted octanol–water partition coefficient (Wildman–Crippen LogP) is 5.52. The molecular weight excluding hydrogens is 332 g/mol. The van der Waals surface area contributed by atoms with Crippen molar-refractivity contribution in [1.29, 1.82) is 0 Å². The van der Waals surface area contributed by atoms with E-state index in [4.69, 9.17) is 0 Å². The van der Waals surface area contributed by atoms with Gasteiger partial charge in [-0.25, -0.2) is 0 Å². The van der Waals surface area contributed by atoms with Gasteiger partial charge in [0, 0.05) is 9.35 Å². The molecule has 3 heteroatoms. The van der Waals surface area contributed by atoms with Crippen LogP contribution < -0.4 is 0 Å². The third-order valence-corrected chi connectivity index (χ3v) is 6.34. The molecule has 3 rings (SSSR count). The highest BCUT2D eigenvalue weighted by molar-refractivity contribution is 9.10. The highest BCUT2D eigenvalue weighted by Crippen LogP contribution is 2.43. The maximum atomic E-state index is 10.6. The fraction of sp³-hybridized carbons (Fsp3) is 0.412. The number of rotatable bonds is 3. The Morgan fingerprint density at radius 1 is 1.05 bits per heavy atom. The number of hydrogen-bond acceptors (Lipinski definition) is 2. The summed E-state index contributed by atoms with van der Waals surface area (Å²) in [5, 5.41) is 12.6. The molecular formula is C17H19BrOS. The van der Waals surface area contributed by atoms with Crippen LogP contribution in [-0.2, 0) is 0 Å². The Bertz CT molecular complexity index is 543. The number of halogens is 1. The van der Waals surface area contributed by atoms with Gasteiger partial charge in [0.15, 0.2) is 0 Å². The number of aliphatic hydroxyl groups is 1. The second-order valence-electron chi connectivity index (χ2n) is 5.60. The van der Waals surface area contributed by atoms with Gasteiger partial charge in [-0.15, -0.1) is 11.3 Å². The van der Waals surface area contributed by atoms with E-state index in [0.717, 1.165) is 22.2 Å². The molecule has 1 nitrogen and oxygen atoms in total. The third kappa shape index (κ3) is 3.00. The number of hydrogen-bond donors (Lipinski definition) is 1. The van der Waals surface area contributed by atoms with Gasteiger partial charge in [0.05, 0.1) is 6.10 Å². The molecule has 1 saturated carbocycles. The van der Waals surface area contributed by atoms with Crippen molar-refractivity contribution in [2.24, 2.45) is 5.92 Å². The summed E-state index contributed by atoms with van der Waals surface area (Å²) >= 11 is 5.18. The molecule has 1 fully saturated rings. The molecule has 0 bridgehead atoms. The van der Waals surface area contributed by atoms with Gasteiger partial charge in [-0.2, -0.15) is 0 Å². The zero-order valence-electron chi connectivity index (χ0n) is 11.3. The van der Waals surface area contributed by atoms with Crippen molar-refractivity contribution >= 4 is 27.3 Å². The molecule has 2 aromatic rings. The molecule has 1 aliphatic carbocycles. The number of benzene rings is 1. The molecule has 1 aromatic heterocycles. The predicted molar refractivity (Wildman–Crippen MR) is 88.1 cm³/mol. The highest BCUT2D eigenvalue weighted by Gasteiger charge is 2.29. The van der Waals surface area contributed by atoms with E-state index in [1.165, 1.54) is 18.4 Å². The maximum Gasteiger partial charge on any atom is 0.0921 e. The molecule has 1 aliphatic rings. The zero-order valence-corrected chi connectivity index (χ0v) is 13.7. The molecule has 0 radical (unpaired) electrons. The SMILES string of the molecule is OC(c1sccc1Br)C1CCC(c2ccccc2)CC1. The van der Waals surface area contributed by atoms with Gasteiger partial charge in [-0.3, -0.25) is 0 Å². The molecule has 106 valence electrons. The van der Waals surface area contributed by atoms with Crippen LogP contribution in [0.25, 0.3) is 0 Å². The van der Waals surface area contributed by atoms with Crippen LogP contribution in [0.3, 0.4) is 0 Å². The summed E-state index contributed by atoms with van der Waals surface area (Å²) in [6.45, 7) is 0. The van der Waals surface area contributed by atoms with E-state index in [-0.39, 0.29) is 6.10 Å². The minimum Gasteiger partial charge on any atom is -0.387 e. The first-order valence-corrected chi connectivity index (χ1v) is 8.89. The molecule has 1 atom stereocenters. The van der Waals surface area contributed by atoms with Crippen LogP contribution in [-0.4, -0.2) is 5.11 Å². The molecule has 0 spiro atoms. The molecule has 1 N–H and O–H groups in total. The van der Waals surface area contributed by atoms with E-state index < -0.39 is 0 Å². The second-order valence-corrected chi connectivity index (χ2v) is 7.40. The maximum absolute atomic E-state index is 10.6. The Morgan fingerprint density at radius 2 is 1.75 bits per heavy atom. The first-order valence-electron chi connectivity index (χ1n) is 7.21. The van der Waals surface area contributed by atoms with E-state index >= 15 is 0 Å². The lowest BCUT2D eigenvalue weighted by Crippen LogP contribution is -2.19. The first-order chi connectivity index (χ1) is 9.75. The average molecular weight is 351 g/mol. The van der Waals surface area contributed by atoms with E-state index in [1.807, 2.05) is 11.4 Å². The summed E-state index contributed by atoms with van der Waals surface area (Å²) < 4.78 is 1.06. The summed E-state index contributed by atoms with van der Waals surface area (Å²) in [6, 6.07) is 12.8. The van der Waals surface area contributed by atoms with Crippen LogP contribution in [0.5, 0.6) is 0 Å². The molecule has 1 heterocycles. The molecule has 1 unspecified atom stereocenters. The van der Waals surface area contributed by atoms with Crippen LogP contribution >= 0.6 is 27.3 Å². The van der Waals surface area contributed by atoms with Crippen molar-refractivity contribution < 1.29 is 5.11 Å². The summed E-state index contributed by atoms with van der Waals surface area (Å²) in [5.41, 5.74) is 1.46. The quantitative estimate of drug-likeness (QED) is 0.772. The number of thiophene rings is 1. The van der Waals surface area contributed by atoms with E-state index in [9.17, 15) is 5.11 Å². The smallest absolute Gasteiger partial charge is 0.0921 e. The monoisotopic (exact) mass is 350 g/mol. The van der Waals surface area contributed by atoms with Crippen LogP contribution in [0, 0.1) is 5.92 Å². The topological polar surface area (TPSA) is 20.2 Å². The van der Waals surface area contributed by atoms with Gasteiger partial charge in [0.1, 0.15) is 0 Å². The van der Waals surface area contributed by atoms with Crippen LogP contribution in [0.2, 0.25) is 0 Å². The largest absolute Gasteiger partial charge is 0.387 e. The van der Waals surface area contributed by atoms with Crippen LogP contribution in [0.1, 0.15) is 48.1 Å². The average Bonchev–Trinajstić information content (AvgIpc) is 2.94. The lowest BCUT2D eigenvalue weighted by Gasteiger charge is -2.31. The summed E-state index contributed by atoms with van der Waals surface area (Å²) in [5.74, 6) is 1.08. The van der Waals surface area contributed by atoms with E-state index in [1.54, 1.807) is 11.3 Å². The molecule has 0 amide bonds. The van der Waals surface area contributed by atoms with Crippen LogP contribution in [0.15, 0.2) is 46.3 Å². The standard InChI is InChI=1S/C17H19BrOS/c18-15-10-11-20-17(15)16(19)14-8-6-13(7-9-14)12-4-2-1-3-5-12/h1-5,10-11,13-14,16,19H,6-9H2. The van der Waals surface area contributed by atoms with Gasteiger partial charge in [-0.1, -0.05) is 30.3 Å². The number of aliphatic hydroxyl groups excluding tert-OH is 1. The Kier molecular flexibility index (Phi) is 4.59. The fourth-order valence-corrected chi connectivity index (χ4v) is 4.91. The lowest BCUT2D eigenvalue weighted by atomic mass is 9.76. The molecule has 0 aliphatic heterocycles. The van der Waals surface area contributed by atoms with Crippen molar-refractivity contribution in [2.75, 3.05) is 0 Å². The first kappa shape index (κ1) is 14.3. The van der Waals surface area contributed by atoms with E-state index in [2.05, 4.69) is 46.3 Å². The van der Waals surface area contributed by atoms with Crippen LogP contribution in [0.4, 0.5) is 0 Å². The molecule has 0 saturated heterocycles. The Balaban J connectivity index is 1.63. The van der Waals surface area contributed by atoms with Crippen molar-refractivity contribution in [1.82, 2.24) is 0 Å². The van der Waals surface area contributed by atoms with Gasteiger partial charge < -0.3 is 5.11 Å². The summed E-state index contributed by atoms with van der Waals surface area (Å²) in [4.78, 5) is 1.09. The summed E-state index contributed by atoms with van der Waals surface area (Å²) in [6.07, 6.45) is 4.31.